The van der Waals surface area contributed by atoms with Gasteiger partial charge >= 0.3 is 5.97 Å². The Labute approximate surface area is 90.9 Å². The lowest BCUT2D eigenvalue weighted by Crippen LogP contribution is -1.96. The minimum Gasteiger partial charge on any atom is -0.478 e. The predicted octanol–water partition coefficient (Wildman–Crippen LogP) is 2.51. The van der Waals surface area contributed by atoms with Crippen molar-refractivity contribution in [3.05, 3.63) is 42.0 Å². The maximum atomic E-state index is 10.9. The van der Waals surface area contributed by atoms with Gasteiger partial charge < -0.3 is 5.11 Å². The molecule has 0 spiro atoms. The van der Waals surface area contributed by atoms with E-state index < -0.39 is 5.97 Å². The summed E-state index contributed by atoms with van der Waals surface area (Å²) in [6.45, 7) is 0. The molecule has 0 saturated carbocycles. The molecule has 2 aromatic carbocycles. The molecule has 0 aliphatic heterocycles. The van der Waals surface area contributed by atoms with Crippen LogP contribution in [-0.4, -0.2) is 17.2 Å². The number of carboxylic acids is 1. The number of rotatable bonds is 2. The zero-order valence-corrected chi connectivity index (χ0v) is 8.18. The maximum Gasteiger partial charge on any atom is 0.336 e. The zero-order valence-electron chi connectivity index (χ0n) is 8.18. The first-order chi connectivity index (χ1) is 7.72. The molecule has 16 heavy (non-hydrogen) atoms. The van der Waals surface area contributed by atoms with Crippen molar-refractivity contribution in [3.63, 3.8) is 0 Å². The van der Waals surface area contributed by atoms with Crippen molar-refractivity contribution < 1.29 is 14.7 Å². The van der Waals surface area contributed by atoms with Crippen LogP contribution in [-0.2, 0) is 4.79 Å². The Morgan fingerprint density at radius 1 is 1.25 bits per heavy atom. The fraction of sp³-hybridized carbons (Fsp3) is 0. The van der Waals surface area contributed by atoms with Crippen LogP contribution in [0.25, 0.3) is 10.8 Å². The number of isocyanates is 1. The van der Waals surface area contributed by atoms with Gasteiger partial charge in [0.25, 0.3) is 0 Å². The molecule has 0 aliphatic carbocycles. The third-order valence-corrected chi connectivity index (χ3v) is 2.27. The monoisotopic (exact) mass is 213 g/mol. The fourth-order valence-electron chi connectivity index (χ4n) is 1.58. The first-order valence-electron chi connectivity index (χ1n) is 4.56. The van der Waals surface area contributed by atoms with Crippen LogP contribution >= 0.6 is 0 Å². The van der Waals surface area contributed by atoms with Gasteiger partial charge in [-0.1, -0.05) is 18.2 Å². The Hall–Kier alpha value is -2.45. The highest BCUT2D eigenvalue weighted by atomic mass is 16.4. The van der Waals surface area contributed by atoms with Crippen LogP contribution in [0.4, 0.5) is 5.69 Å². The van der Waals surface area contributed by atoms with Crippen molar-refractivity contribution in [3.8, 4) is 0 Å². The molecule has 78 valence electrons. The maximum absolute atomic E-state index is 10.9. The van der Waals surface area contributed by atoms with Crippen LogP contribution in [0.1, 0.15) is 10.4 Å². The van der Waals surface area contributed by atoms with Gasteiger partial charge in [-0.15, -0.1) is 0 Å². The van der Waals surface area contributed by atoms with Crippen molar-refractivity contribution in [1.29, 1.82) is 0 Å². The summed E-state index contributed by atoms with van der Waals surface area (Å²) in [5.74, 6) is -0.975. The van der Waals surface area contributed by atoms with E-state index in [0.29, 0.717) is 11.1 Å². The standard InChI is InChI=1S/C12H7NO3/c14-7-13-9-4-5-10-8(6-9)2-1-3-11(10)12(15)16/h1-6H,(H,15,16). The number of fused-ring (bicyclic) bond motifs is 1. The summed E-state index contributed by atoms with van der Waals surface area (Å²) in [5, 5.41) is 10.3. The molecule has 0 saturated heterocycles. The molecule has 2 aromatic rings. The normalized spacial score (nSPS) is 9.75. The number of carbonyl (C=O) groups excluding carboxylic acids is 1. The summed E-state index contributed by atoms with van der Waals surface area (Å²) in [4.78, 5) is 24.5. The highest BCUT2D eigenvalue weighted by Crippen LogP contribution is 2.23. The smallest absolute Gasteiger partial charge is 0.336 e. The van der Waals surface area contributed by atoms with Gasteiger partial charge in [-0.2, -0.15) is 4.99 Å². The van der Waals surface area contributed by atoms with Gasteiger partial charge in [0, 0.05) is 0 Å². The summed E-state index contributed by atoms with van der Waals surface area (Å²) in [6, 6.07) is 9.82. The predicted molar refractivity (Wildman–Crippen MR) is 58.7 cm³/mol. The SMILES string of the molecule is O=C=Nc1ccc2c(C(=O)O)cccc2c1. The number of hydrogen-bond donors (Lipinski definition) is 1. The van der Waals surface area contributed by atoms with Gasteiger partial charge in [0.15, 0.2) is 0 Å². The van der Waals surface area contributed by atoms with Crippen LogP contribution < -0.4 is 0 Å². The lowest BCUT2D eigenvalue weighted by Gasteiger charge is -2.02. The van der Waals surface area contributed by atoms with Crippen molar-refractivity contribution in [2.75, 3.05) is 0 Å². The number of aliphatic imine (C=N–C) groups is 1. The van der Waals surface area contributed by atoms with Gasteiger partial charge in [0.1, 0.15) is 0 Å². The molecule has 0 aromatic heterocycles. The molecule has 4 nitrogen and oxygen atoms in total. The molecule has 0 atom stereocenters. The van der Waals surface area contributed by atoms with E-state index in [4.69, 9.17) is 5.11 Å². The van der Waals surface area contributed by atoms with Crippen molar-refractivity contribution in [2.45, 2.75) is 0 Å². The number of benzene rings is 2. The summed E-state index contributed by atoms with van der Waals surface area (Å²) in [5.41, 5.74) is 0.698. The second-order valence-electron chi connectivity index (χ2n) is 3.22. The van der Waals surface area contributed by atoms with E-state index in [0.717, 1.165) is 5.39 Å². The summed E-state index contributed by atoms with van der Waals surface area (Å²) < 4.78 is 0. The Morgan fingerprint density at radius 3 is 2.75 bits per heavy atom. The van der Waals surface area contributed by atoms with Gasteiger partial charge in [0.2, 0.25) is 6.08 Å². The molecule has 0 bridgehead atoms. The topological polar surface area (TPSA) is 66.7 Å². The first kappa shape index (κ1) is 10.1. The second-order valence-corrected chi connectivity index (χ2v) is 3.22. The van der Waals surface area contributed by atoms with Gasteiger partial charge in [-0.3, -0.25) is 0 Å². The number of carbonyl (C=O) groups is 1. The third-order valence-electron chi connectivity index (χ3n) is 2.27. The molecule has 0 amide bonds. The largest absolute Gasteiger partial charge is 0.478 e. The summed E-state index contributed by atoms with van der Waals surface area (Å²) >= 11 is 0. The van der Waals surface area contributed by atoms with Gasteiger partial charge in [-0.05, 0) is 29.0 Å². The molecule has 0 radical (unpaired) electrons. The Morgan fingerprint density at radius 2 is 2.06 bits per heavy atom. The lowest BCUT2D eigenvalue weighted by molar-refractivity contribution is 0.0699. The van der Waals surface area contributed by atoms with Gasteiger partial charge in [0.05, 0.1) is 11.3 Å². The zero-order chi connectivity index (χ0) is 11.5. The summed E-state index contributed by atoms with van der Waals surface area (Å²) in [6.07, 6.45) is 1.44. The number of nitrogens with zero attached hydrogens (tertiary/aromatic N) is 1. The van der Waals surface area contributed by atoms with E-state index in [1.165, 1.54) is 12.1 Å². The van der Waals surface area contributed by atoms with Crippen molar-refractivity contribution in [1.82, 2.24) is 0 Å². The molecule has 0 unspecified atom stereocenters. The molecule has 2 rings (SSSR count). The van der Waals surface area contributed by atoms with Crippen LogP contribution in [0.2, 0.25) is 0 Å². The Kier molecular flexibility index (Phi) is 2.50. The number of carboxylic acid groups (broad SMARTS) is 1. The first-order valence-corrected chi connectivity index (χ1v) is 4.56. The highest BCUT2D eigenvalue weighted by Gasteiger charge is 2.07. The van der Waals surface area contributed by atoms with Crippen LogP contribution in [0.3, 0.4) is 0 Å². The number of aromatic carboxylic acids is 1. The average molecular weight is 213 g/mol. The lowest BCUT2D eigenvalue weighted by atomic mass is 10.0. The minimum atomic E-state index is -0.975. The van der Waals surface area contributed by atoms with Crippen molar-refractivity contribution in [2.24, 2.45) is 4.99 Å². The van der Waals surface area contributed by atoms with E-state index in [9.17, 15) is 9.59 Å². The molecular formula is C12H7NO3. The van der Waals surface area contributed by atoms with E-state index in [1.807, 2.05) is 0 Å². The van der Waals surface area contributed by atoms with E-state index in [2.05, 4.69) is 4.99 Å². The average Bonchev–Trinajstić information content (AvgIpc) is 2.28. The Bertz CT molecular complexity index is 613. The second kappa shape index (κ2) is 3.96. The molecule has 0 fully saturated rings. The van der Waals surface area contributed by atoms with Crippen LogP contribution in [0.5, 0.6) is 0 Å². The minimum absolute atomic E-state index is 0.235. The highest BCUT2D eigenvalue weighted by molar-refractivity contribution is 6.04. The molecule has 1 N–H and O–H groups in total. The molecular weight excluding hydrogens is 206 g/mol. The van der Waals surface area contributed by atoms with E-state index >= 15 is 0 Å². The van der Waals surface area contributed by atoms with Crippen LogP contribution in [0.15, 0.2) is 41.4 Å². The fourth-order valence-corrected chi connectivity index (χ4v) is 1.58. The molecule has 4 heteroatoms. The van der Waals surface area contributed by atoms with Crippen molar-refractivity contribution >= 4 is 28.5 Å². The molecule has 0 heterocycles. The van der Waals surface area contributed by atoms with E-state index in [1.54, 1.807) is 30.3 Å². The third kappa shape index (κ3) is 1.69. The molecule has 0 aliphatic rings. The number of hydrogen-bond acceptors (Lipinski definition) is 3. The van der Waals surface area contributed by atoms with Gasteiger partial charge in [-0.25, -0.2) is 9.59 Å². The Balaban J connectivity index is 2.73. The quantitative estimate of drug-likeness (QED) is 0.615. The summed E-state index contributed by atoms with van der Waals surface area (Å²) in [7, 11) is 0. The van der Waals surface area contributed by atoms with E-state index in [-0.39, 0.29) is 5.56 Å². The van der Waals surface area contributed by atoms with Crippen LogP contribution in [0, 0.1) is 0 Å².